The molecule has 0 spiro atoms. The molecule has 0 bridgehead atoms. The van der Waals surface area contributed by atoms with Crippen molar-refractivity contribution in [2.24, 2.45) is 11.8 Å². The second-order valence-corrected chi connectivity index (χ2v) is 6.12. The quantitative estimate of drug-likeness (QED) is 0.715. The smallest absolute Gasteiger partial charge is 0.0221 e. The molecule has 1 aliphatic carbocycles. The Hall–Kier alpha value is -0.0800. The van der Waals surface area contributed by atoms with Crippen LogP contribution in [-0.2, 0) is 0 Å². The number of likely N-dealkylation sites (tertiary alicyclic amines) is 1. The lowest BCUT2D eigenvalue weighted by atomic mass is 10.2. The molecule has 94 valence electrons. The average molecular weight is 224 g/mol. The van der Waals surface area contributed by atoms with Crippen LogP contribution in [0.4, 0.5) is 0 Å². The van der Waals surface area contributed by atoms with Gasteiger partial charge in [0.2, 0.25) is 0 Å². The van der Waals surface area contributed by atoms with Crippen molar-refractivity contribution in [2.45, 2.75) is 52.0 Å². The van der Waals surface area contributed by atoms with Crippen molar-refractivity contribution in [1.29, 1.82) is 0 Å². The summed E-state index contributed by atoms with van der Waals surface area (Å²) in [6, 6.07) is 0.831. The van der Waals surface area contributed by atoms with Crippen LogP contribution in [-0.4, -0.2) is 37.1 Å². The van der Waals surface area contributed by atoms with Crippen LogP contribution in [0, 0.1) is 11.8 Å². The van der Waals surface area contributed by atoms with Gasteiger partial charge >= 0.3 is 0 Å². The van der Waals surface area contributed by atoms with E-state index in [1.54, 1.807) is 0 Å². The summed E-state index contributed by atoms with van der Waals surface area (Å²) in [5.74, 6) is 1.87. The van der Waals surface area contributed by atoms with Gasteiger partial charge in [-0.15, -0.1) is 0 Å². The van der Waals surface area contributed by atoms with E-state index in [4.69, 9.17) is 0 Å². The van der Waals surface area contributed by atoms with Crippen molar-refractivity contribution in [2.75, 3.05) is 26.2 Å². The van der Waals surface area contributed by atoms with Crippen molar-refractivity contribution in [3.05, 3.63) is 0 Å². The van der Waals surface area contributed by atoms with Gasteiger partial charge in [-0.05, 0) is 50.7 Å². The summed E-state index contributed by atoms with van der Waals surface area (Å²) in [5, 5.41) is 3.62. The summed E-state index contributed by atoms with van der Waals surface area (Å²) >= 11 is 0. The molecule has 1 unspecified atom stereocenters. The summed E-state index contributed by atoms with van der Waals surface area (Å²) < 4.78 is 0. The molecule has 2 nitrogen and oxygen atoms in total. The highest BCUT2D eigenvalue weighted by molar-refractivity contribution is 4.83. The highest BCUT2D eigenvalue weighted by Gasteiger charge is 2.27. The van der Waals surface area contributed by atoms with Crippen LogP contribution >= 0.6 is 0 Å². The number of hydrogen-bond acceptors (Lipinski definition) is 2. The van der Waals surface area contributed by atoms with Gasteiger partial charge in [-0.1, -0.05) is 26.7 Å². The van der Waals surface area contributed by atoms with Crippen LogP contribution in [0.15, 0.2) is 0 Å². The Bertz CT molecular complexity index is 199. The second kappa shape index (κ2) is 6.02. The molecular weight excluding hydrogens is 196 g/mol. The highest BCUT2D eigenvalue weighted by atomic mass is 15.2. The van der Waals surface area contributed by atoms with Gasteiger partial charge in [0, 0.05) is 12.6 Å². The lowest BCUT2D eigenvalue weighted by Gasteiger charge is -2.25. The first-order valence-electron chi connectivity index (χ1n) is 7.20. The minimum atomic E-state index is 0.779. The first kappa shape index (κ1) is 12.4. The van der Waals surface area contributed by atoms with Gasteiger partial charge in [0.05, 0.1) is 0 Å². The first-order valence-corrected chi connectivity index (χ1v) is 7.20. The Balaban J connectivity index is 1.61. The van der Waals surface area contributed by atoms with Gasteiger partial charge in [-0.2, -0.15) is 0 Å². The molecule has 0 aromatic rings. The molecule has 1 aliphatic heterocycles. The zero-order valence-electron chi connectivity index (χ0n) is 11.0. The minimum absolute atomic E-state index is 0.779. The van der Waals surface area contributed by atoms with E-state index in [-0.39, 0.29) is 0 Å². The van der Waals surface area contributed by atoms with Crippen LogP contribution < -0.4 is 5.32 Å². The van der Waals surface area contributed by atoms with Crippen LogP contribution in [0.25, 0.3) is 0 Å². The Morgan fingerprint density at radius 3 is 2.75 bits per heavy atom. The molecule has 2 rings (SSSR count). The maximum atomic E-state index is 3.62. The SMILES string of the molecule is CC(C)CNCC1CCCN1CCC1CC1. The molecular formula is C14H28N2. The Morgan fingerprint density at radius 1 is 1.25 bits per heavy atom. The molecule has 2 fully saturated rings. The molecule has 1 heterocycles. The lowest BCUT2D eigenvalue weighted by Crippen LogP contribution is -2.39. The largest absolute Gasteiger partial charge is 0.315 e. The van der Waals surface area contributed by atoms with E-state index in [9.17, 15) is 0 Å². The predicted molar refractivity (Wildman–Crippen MR) is 69.6 cm³/mol. The van der Waals surface area contributed by atoms with Crippen LogP contribution in [0.1, 0.15) is 46.0 Å². The molecule has 0 aromatic carbocycles. The molecule has 1 N–H and O–H groups in total. The maximum Gasteiger partial charge on any atom is 0.0221 e. The molecule has 0 amide bonds. The lowest BCUT2D eigenvalue weighted by molar-refractivity contribution is 0.239. The van der Waals surface area contributed by atoms with Gasteiger partial charge in [0.1, 0.15) is 0 Å². The monoisotopic (exact) mass is 224 g/mol. The zero-order valence-corrected chi connectivity index (χ0v) is 11.0. The van der Waals surface area contributed by atoms with E-state index in [1.807, 2.05) is 0 Å². The third-order valence-corrected chi connectivity index (χ3v) is 3.95. The molecule has 0 aromatic heterocycles. The Kier molecular flexibility index (Phi) is 4.66. The number of nitrogens with zero attached hydrogens (tertiary/aromatic N) is 1. The fourth-order valence-corrected chi connectivity index (χ4v) is 2.71. The third kappa shape index (κ3) is 4.06. The van der Waals surface area contributed by atoms with Crippen molar-refractivity contribution < 1.29 is 0 Å². The normalized spacial score (nSPS) is 26.8. The van der Waals surface area contributed by atoms with Gasteiger partial charge in [-0.3, -0.25) is 4.90 Å². The van der Waals surface area contributed by atoms with Gasteiger partial charge < -0.3 is 5.32 Å². The molecule has 1 atom stereocenters. The fourth-order valence-electron chi connectivity index (χ4n) is 2.71. The maximum absolute atomic E-state index is 3.62. The molecule has 2 heteroatoms. The van der Waals surface area contributed by atoms with Gasteiger partial charge in [0.15, 0.2) is 0 Å². The van der Waals surface area contributed by atoms with E-state index >= 15 is 0 Å². The zero-order chi connectivity index (χ0) is 11.4. The highest BCUT2D eigenvalue weighted by Crippen LogP contribution is 2.33. The van der Waals surface area contributed by atoms with E-state index in [0.29, 0.717) is 0 Å². The van der Waals surface area contributed by atoms with Crippen molar-refractivity contribution in [3.63, 3.8) is 0 Å². The van der Waals surface area contributed by atoms with Crippen molar-refractivity contribution in [1.82, 2.24) is 10.2 Å². The molecule has 16 heavy (non-hydrogen) atoms. The predicted octanol–water partition coefficient (Wildman–Crippen LogP) is 2.50. The van der Waals surface area contributed by atoms with E-state index in [2.05, 4.69) is 24.1 Å². The topological polar surface area (TPSA) is 15.3 Å². The summed E-state index contributed by atoms with van der Waals surface area (Å²) in [7, 11) is 0. The number of nitrogens with one attached hydrogen (secondary N) is 1. The third-order valence-electron chi connectivity index (χ3n) is 3.95. The van der Waals surface area contributed by atoms with E-state index in [1.165, 1.54) is 58.3 Å². The molecule has 1 saturated heterocycles. The standard InChI is InChI=1S/C14H28N2/c1-12(2)10-15-11-14-4-3-8-16(14)9-7-13-5-6-13/h12-15H,3-11H2,1-2H3. The van der Waals surface area contributed by atoms with E-state index < -0.39 is 0 Å². The summed E-state index contributed by atoms with van der Waals surface area (Å²) in [6.07, 6.45) is 7.29. The Labute approximate surface area is 101 Å². The average Bonchev–Trinajstić information content (AvgIpc) is 2.96. The summed E-state index contributed by atoms with van der Waals surface area (Å²) in [6.45, 7) is 9.66. The summed E-state index contributed by atoms with van der Waals surface area (Å²) in [5.41, 5.74) is 0. The van der Waals surface area contributed by atoms with Crippen molar-refractivity contribution in [3.8, 4) is 0 Å². The van der Waals surface area contributed by atoms with Gasteiger partial charge in [0.25, 0.3) is 0 Å². The first-order chi connectivity index (χ1) is 7.75. The fraction of sp³-hybridized carbons (Fsp3) is 1.00. The van der Waals surface area contributed by atoms with E-state index in [0.717, 1.165) is 17.9 Å². The Morgan fingerprint density at radius 2 is 2.06 bits per heavy atom. The van der Waals surface area contributed by atoms with Crippen LogP contribution in [0.5, 0.6) is 0 Å². The molecule has 2 aliphatic rings. The van der Waals surface area contributed by atoms with Crippen LogP contribution in [0.3, 0.4) is 0 Å². The van der Waals surface area contributed by atoms with Crippen LogP contribution in [0.2, 0.25) is 0 Å². The molecule has 0 radical (unpaired) electrons. The number of hydrogen-bond donors (Lipinski definition) is 1. The van der Waals surface area contributed by atoms with Crippen molar-refractivity contribution >= 4 is 0 Å². The molecule has 1 saturated carbocycles. The number of rotatable bonds is 7. The summed E-state index contributed by atoms with van der Waals surface area (Å²) in [4.78, 5) is 2.73. The van der Waals surface area contributed by atoms with Gasteiger partial charge in [-0.25, -0.2) is 0 Å². The second-order valence-electron chi connectivity index (χ2n) is 6.12. The minimum Gasteiger partial charge on any atom is -0.315 e.